The molecule has 1 heterocycles. The molecule has 4 N–H and O–H groups in total. The van der Waals surface area contributed by atoms with Crippen molar-refractivity contribution in [3.05, 3.63) is 47.4 Å². The number of hydrogen-bond donors (Lipinski definition) is 3. The van der Waals surface area contributed by atoms with Crippen molar-refractivity contribution in [2.75, 3.05) is 12.4 Å². The number of carbonyl (C=O) groups excluding carboxylic acids is 1. The number of carbonyl (C=O) groups is 1. The molecular weight excluding hydrogens is 287 g/mol. The molecular formula is C15H19FN4O2. The average molecular weight is 306 g/mol. The quantitative estimate of drug-likeness (QED) is 0.341. The van der Waals surface area contributed by atoms with E-state index in [0.29, 0.717) is 6.41 Å². The van der Waals surface area contributed by atoms with Gasteiger partial charge in [0.2, 0.25) is 12.3 Å². The van der Waals surface area contributed by atoms with Crippen LogP contribution in [0.1, 0.15) is 23.9 Å². The Bertz CT molecular complexity index is 604. The number of aryl methyl sites for hydroxylation is 1. The topological polar surface area (TPSA) is 93.2 Å². The molecule has 22 heavy (non-hydrogen) atoms. The summed E-state index contributed by atoms with van der Waals surface area (Å²) in [5.74, 6) is 4.67. The fraction of sp³-hybridized carbons (Fsp3) is 0.200. The number of nitrogens with two attached hydrogens (primary N) is 1. The number of rotatable bonds is 5. The maximum atomic E-state index is 12.7. The molecule has 0 fully saturated rings. The van der Waals surface area contributed by atoms with E-state index in [2.05, 4.69) is 29.1 Å². The van der Waals surface area contributed by atoms with E-state index in [-0.39, 0.29) is 5.89 Å². The zero-order chi connectivity index (χ0) is 16.4. The van der Waals surface area contributed by atoms with Crippen molar-refractivity contribution in [3.8, 4) is 0 Å². The molecule has 0 spiro atoms. The van der Waals surface area contributed by atoms with Gasteiger partial charge in [-0.3, -0.25) is 10.2 Å². The van der Waals surface area contributed by atoms with E-state index in [4.69, 9.17) is 9.21 Å². The first-order valence-electron chi connectivity index (χ1n) is 6.65. The Morgan fingerprint density at radius 1 is 1.41 bits per heavy atom. The summed E-state index contributed by atoms with van der Waals surface area (Å²) < 4.78 is 17.4. The predicted molar refractivity (Wildman–Crippen MR) is 84.1 cm³/mol. The van der Waals surface area contributed by atoms with Gasteiger partial charge < -0.3 is 9.73 Å². The maximum Gasteiger partial charge on any atom is 0.298 e. The SMILES string of the molecule is CCc1cccc(NC)c1/C=C/c1ncc(F)o1.NNC=O. The summed E-state index contributed by atoms with van der Waals surface area (Å²) in [6.07, 6.45) is 5.94. The van der Waals surface area contributed by atoms with E-state index in [1.807, 2.05) is 25.3 Å². The lowest BCUT2D eigenvalue weighted by molar-refractivity contribution is -0.109. The van der Waals surface area contributed by atoms with Gasteiger partial charge in [0.15, 0.2) is 0 Å². The third-order valence-corrected chi connectivity index (χ3v) is 2.80. The molecule has 0 aliphatic carbocycles. The van der Waals surface area contributed by atoms with Crippen molar-refractivity contribution in [1.29, 1.82) is 0 Å². The lowest BCUT2D eigenvalue weighted by Crippen LogP contribution is -2.18. The smallest absolute Gasteiger partial charge is 0.298 e. The number of amides is 1. The van der Waals surface area contributed by atoms with Crippen molar-refractivity contribution in [1.82, 2.24) is 10.4 Å². The second-order valence-corrected chi connectivity index (χ2v) is 4.10. The van der Waals surface area contributed by atoms with Crippen molar-refractivity contribution in [2.24, 2.45) is 5.84 Å². The minimum atomic E-state index is -0.674. The number of nitrogens with one attached hydrogen (secondary N) is 2. The van der Waals surface area contributed by atoms with Gasteiger partial charge in [0, 0.05) is 24.4 Å². The van der Waals surface area contributed by atoms with Gasteiger partial charge in [-0.1, -0.05) is 19.1 Å². The zero-order valence-corrected chi connectivity index (χ0v) is 12.5. The second-order valence-electron chi connectivity index (χ2n) is 4.10. The van der Waals surface area contributed by atoms with Gasteiger partial charge in [-0.05, 0) is 24.1 Å². The van der Waals surface area contributed by atoms with E-state index in [1.165, 1.54) is 5.56 Å². The van der Waals surface area contributed by atoms with Crippen molar-refractivity contribution in [2.45, 2.75) is 13.3 Å². The lowest BCUT2D eigenvalue weighted by Gasteiger charge is -2.09. The zero-order valence-electron chi connectivity index (χ0n) is 12.5. The van der Waals surface area contributed by atoms with Gasteiger partial charge >= 0.3 is 0 Å². The number of aromatic nitrogens is 1. The van der Waals surface area contributed by atoms with E-state index in [1.54, 1.807) is 11.5 Å². The third kappa shape index (κ3) is 5.02. The molecule has 0 atom stereocenters. The highest BCUT2D eigenvalue weighted by molar-refractivity contribution is 5.76. The summed E-state index contributed by atoms with van der Waals surface area (Å²) in [5, 5.41) is 3.14. The summed E-state index contributed by atoms with van der Waals surface area (Å²) >= 11 is 0. The van der Waals surface area contributed by atoms with Crippen LogP contribution in [-0.2, 0) is 11.2 Å². The Hall–Kier alpha value is -2.67. The first-order chi connectivity index (χ1) is 10.7. The fourth-order valence-electron chi connectivity index (χ4n) is 1.83. The highest BCUT2D eigenvalue weighted by Crippen LogP contribution is 2.22. The fourth-order valence-corrected chi connectivity index (χ4v) is 1.83. The molecule has 2 rings (SSSR count). The van der Waals surface area contributed by atoms with Gasteiger partial charge in [0.25, 0.3) is 6.01 Å². The molecule has 1 aromatic carbocycles. The molecule has 0 radical (unpaired) electrons. The van der Waals surface area contributed by atoms with E-state index < -0.39 is 6.01 Å². The molecule has 0 saturated heterocycles. The molecule has 1 amide bonds. The van der Waals surface area contributed by atoms with Gasteiger partial charge in [-0.2, -0.15) is 4.39 Å². The van der Waals surface area contributed by atoms with Crippen LogP contribution in [0.15, 0.2) is 28.8 Å². The number of hydrazine groups is 1. The van der Waals surface area contributed by atoms with E-state index in [9.17, 15) is 4.39 Å². The molecule has 6 nitrogen and oxygen atoms in total. The molecule has 0 bridgehead atoms. The minimum Gasteiger partial charge on any atom is -0.411 e. The van der Waals surface area contributed by atoms with Crippen LogP contribution in [0.3, 0.4) is 0 Å². The summed E-state index contributed by atoms with van der Waals surface area (Å²) in [6, 6.07) is 5.39. The van der Waals surface area contributed by atoms with Gasteiger partial charge in [0.1, 0.15) is 6.20 Å². The highest BCUT2D eigenvalue weighted by atomic mass is 19.1. The Kier molecular flexibility index (Phi) is 7.35. The Morgan fingerprint density at radius 2 is 2.14 bits per heavy atom. The van der Waals surface area contributed by atoms with Gasteiger partial charge in [-0.25, -0.2) is 10.8 Å². The van der Waals surface area contributed by atoms with Crippen LogP contribution in [0.5, 0.6) is 0 Å². The average Bonchev–Trinajstić information content (AvgIpc) is 2.98. The molecule has 7 heteroatoms. The van der Waals surface area contributed by atoms with Crippen LogP contribution in [0.4, 0.5) is 10.1 Å². The molecule has 0 unspecified atom stereocenters. The Balaban J connectivity index is 0.000000541. The standard InChI is InChI=1S/C14H15FN2O.CH4N2O/c1-3-10-5-4-6-12(16-2)11(10)7-8-14-17-9-13(15)18-14;2-3-1-4/h4-9,16H,3H2,1-2H3;1H,2H2,(H,3,4)/b8-7+;. The highest BCUT2D eigenvalue weighted by Gasteiger charge is 2.04. The normalized spacial score (nSPS) is 10.0. The monoisotopic (exact) mass is 306 g/mol. The minimum absolute atomic E-state index is 0.264. The number of benzene rings is 1. The van der Waals surface area contributed by atoms with Crippen LogP contribution in [0.25, 0.3) is 12.2 Å². The predicted octanol–water partition coefficient (Wildman–Crippen LogP) is 2.19. The molecule has 0 saturated carbocycles. The number of oxazole rings is 1. The summed E-state index contributed by atoms with van der Waals surface area (Å²) in [4.78, 5) is 12.7. The van der Waals surface area contributed by atoms with Gasteiger partial charge in [0.05, 0.1) is 0 Å². The maximum absolute atomic E-state index is 12.7. The van der Waals surface area contributed by atoms with Gasteiger partial charge in [-0.15, -0.1) is 0 Å². The van der Waals surface area contributed by atoms with Crippen LogP contribution < -0.4 is 16.6 Å². The summed E-state index contributed by atoms with van der Waals surface area (Å²) in [7, 11) is 1.87. The Labute approximate surface area is 128 Å². The summed E-state index contributed by atoms with van der Waals surface area (Å²) in [5.41, 5.74) is 5.06. The molecule has 2 aromatic rings. The number of halogens is 1. The third-order valence-electron chi connectivity index (χ3n) is 2.80. The van der Waals surface area contributed by atoms with Crippen molar-refractivity contribution >= 4 is 24.2 Å². The van der Waals surface area contributed by atoms with Crippen molar-refractivity contribution < 1.29 is 13.6 Å². The van der Waals surface area contributed by atoms with Crippen molar-refractivity contribution in [3.63, 3.8) is 0 Å². The molecule has 1 aromatic heterocycles. The van der Waals surface area contributed by atoms with Crippen LogP contribution >= 0.6 is 0 Å². The van der Waals surface area contributed by atoms with E-state index >= 15 is 0 Å². The largest absolute Gasteiger partial charge is 0.411 e. The number of nitrogens with zero attached hydrogens (tertiary/aromatic N) is 1. The number of hydrogen-bond acceptors (Lipinski definition) is 5. The summed E-state index contributed by atoms with van der Waals surface area (Å²) in [6.45, 7) is 2.09. The number of anilines is 1. The first kappa shape index (κ1) is 17.4. The Morgan fingerprint density at radius 3 is 2.64 bits per heavy atom. The van der Waals surface area contributed by atoms with Crippen LogP contribution in [-0.4, -0.2) is 18.4 Å². The molecule has 0 aliphatic rings. The first-order valence-corrected chi connectivity index (χ1v) is 6.65. The van der Waals surface area contributed by atoms with Crippen LogP contribution in [0, 0.1) is 6.01 Å². The van der Waals surface area contributed by atoms with E-state index in [0.717, 1.165) is 23.9 Å². The lowest BCUT2D eigenvalue weighted by atomic mass is 10.0. The second kappa shape index (κ2) is 9.30. The molecule has 0 aliphatic heterocycles. The molecule has 118 valence electrons. The van der Waals surface area contributed by atoms with Crippen LogP contribution in [0.2, 0.25) is 0 Å².